The van der Waals surface area contributed by atoms with Gasteiger partial charge in [0.05, 0.1) is 7.11 Å². The van der Waals surface area contributed by atoms with Gasteiger partial charge in [-0.2, -0.15) is 0 Å². The topological polar surface area (TPSA) is 58.6 Å². The molecule has 5 nitrogen and oxygen atoms in total. The van der Waals surface area contributed by atoms with Crippen LogP contribution in [0.1, 0.15) is 24.0 Å². The van der Waals surface area contributed by atoms with E-state index in [0.717, 1.165) is 23.2 Å². The zero-order valence-corrected chi connectivity index (χ0v) is 12.1. The van der Waals surface area contributed by atoms with Crippen LogP contribution >= 0.6 is 0 Å². The number of anilines is 1. The predicted octanol–water partition coefficient (Wildman–Crippen LogP) is 2.47. The summed E-state index contributed by atoms with van der Waals surface area (Å²) in [5.74, 6) is -0.151. The van der Waals surface area contributed by atoms with E-state index in [1.165, 1.54) is 12.0 Å². The number of ether oxygens (including phenoxy) is 1. The Bertz CT molecular complexity index is 528. The molecule has 1 heterocycles. The summed E-state index contributed by atoms with van der Waals surface area (Å²) in [6, 6.07) is 5.46. The van der Waals surface area contributed by atoms with Crippen LogP contribution in [0.2, 0.25) is 0 Å². The minimum atomic E-state index is -0.442. The number of likely N-dealkylation sites (tertiary alicyclic amines) is 1. The zero-order chi connectivity index (χ0) is 14.7. The van der Waals surface area contributed by atoms with E-state index in [1.54, 1.807) is 0 Å². The van der Waals surface area contributed by atoms with E-state index < -0.39 is 12.1 Å². The van der Waals surface area contributed by atoms with Gasteiger partial charge in [-0.3, -0.25) is 9.69 Å². The van der Waals surface area contributed by atoms with Crippen LogP contribution in [-0.4, -0.2) is 36.6 Å². The lowest BCUT2D eigenvalue weighted by Crippen LogP contribution is -2.43. The first kappa shape index (κ1) is 14.4. The number of amides is 2. The Morgan fingerprint density at radius 3 is 2.80 bits per heavy atom. The highest BCUT2D eigenvalue weighted by atomic mass is 16.5. The standard InChI is InChI=1S/C15H20N2O3/c1-10-6-7-11(2)12(9-10)16-14(18)13-5-4-8-17(13)15(19)20-3/h6-7,9,13H,4-5,8H2,1-3H3,(H,16,18). The molecule has 0 aromatic heterocycles. The predicted molar refractivity (Wildman–Crippen MR) is 76.7 cm³/mol. The van der Waals surface area contributed by atoms with Crippen LogP contribution in [0.4, 0.5) is 10.5 Å². The molecule has 0 bridgehead atoms. The molecule has 1 aromatic carbocycles. The zero-order valence-electron chi connectivity index (χ0n) is 12.1. The SMILES string of the molecule is COC(=O)N1CCCC1C(=O)Nc1cc(C)ccc1C. The fourth-order valence-corrected chi connectivity index (χ4v) is 2.46. The average Bonchev–Trinajstić information content (AvgIpc) is 2.91. The number of nitrogens with one attached hydrogen (secondary N) is 1. The number of carbonyl (C=O) groups is 2. The van der Waals surface area contributed by atoms with Gasteiger partial charge in [-0.15, -0.1) is 0 Å². The molecule has 1 saturated heterocycles. The van der Waals surface area contributed by atoms with E-state index in [4.69, 9.17) is 4.74 Å². The molecule has 0 saturated carbocycles. The third-order valence-electron chi connectivity index (χ3n) is 3.62. The van der Waals surface area contributed by atoms with Crippen LogP contribution in [0, 0.1) is 13.8 Å². The lowest BCUT2D eigenvalue weighted by Gasteiger charge is -2.22. The molecule has 1 N–H and O–H groups in total. The van der Waals surface area contributed by atoms with Gasteiger partial charge in [0.1, 0.15) is 6.04 Å². The monoisotopic (exact) mass is 276 g/mol. The molecule has 2 amide bonds. The summed E-state index contributed by atoms with van der Waals surface area (Å²) >= 11 is 0. The lowest BCUT2D eigenvalue weighted by molar-refractivity contribution is -0.119. The Kier molecular flexibility index (Phi) is 4.27. The molecule has 0 spiro atoms. The van der Waals surface area contributed by atoms with Crippen LogP contribution < -0.4 is 5.32 Å². The summed E-state index contributed by atoms with van der Waals surface area (Å²) in [6.07, 6.45) is 1.05. The van der Waals surface area contributed by atoms with Crippen molar-refractivity contribution < 1.29 is 14.3 Å². The second-order valence-corrected chi connectivity index (χ2v) is 5.13. The molecule has 1 aromatic rings. The molecule has 1 atom stereocenters. The summed E-state index contributed by atoms with van der Waals surface area (Å²) in [7, 11) is 1.33. The fraction of sp³-hybridized carbons (Fsp3) is 0.467. The smallest absolute Gasteiger partial charge is 0.410 e. The Hall–Kier alpha value is -2.04. The number of hydrogen-bond donors (Lipinski definition) is 1. The van der Waals surface area contributed by atoms with Crippen molar-refractivity contribution in [2.75, 3.05) is 19.0 Å². The van der Waals surface area contributed by atoms with Crippen molar-refractivity contribution in [3.8, 4) is 0 Å². The summed E-state index contributed by atoms with van der Waals surface area (Å²) in [4.78, 5) is 25.5. The van der Waals surface area contributed by atoms with Crippen LogP contribution in [0.25, 0.3) is 0 Å². The number of benzene rings is 1. The maximum Gasteiger partial charge on any atom is 0.410 e. The van der Waals surface area contributed by atoms with E-state index in [-0.39, 0.29) is 5.91 Å². The number of nitrogens with zero attached hydrogens (tertiary/aromatic N) is 1. The molecule has 0 aliphatic carbocycles. The largest absolute Gasteiger partial charge is 0.453 e. The lowest BCUT2D eigenvalue weighted by atomic mass is 10.1. The summed E-state index contributed by atoms with van der Waals surface area (Å²) < 4.78 is 4.71. The molecule has 1 aliphatic rings. The van der Waals surface area contributed by atoms with E-state index >= 15 is 0 Å². The van der Waals surface area contributed by atoms with Crippen molar-refractivity contribution in [3.05, 3.63) is 29.3 Å². The highest BCUT2D eigenvalue weighted by molar-refractivity contribution is 5.97. The second kappa shape index (κ2) is 5.94. The van der Waals surface area contributed by atoms with Crippen molar-refractivity contribution >= 4 is 17.7 Å². The van der Waals surface area contributed by atoms with Crippen molar-refractivity contribution in [3.63, 3.8) is 0 Å². The van der Waals surface area contributed by atoms with E-state index in [2.05, 4.69) is 5.32 Å². The van der Waals surface area contributed by atoms with Crippen molar-refractivity contribution in [2.24, 2.45) is 0 Å². The van der Waals surface area contributed by atoms with Crippen LogP contribution in [0.15, 0.2) is 18.2 Å². The maximum atomic E-state index is 12.3. The quantitative estimate of drug-likeness (QED) is 0.902. The Morgan fingerprint density at radius 2 is 2.10 bits per heavy atom. The van der Waals surface area contributed by atoms with Gasteiger partial charge in [-0.25, -0.2) is 4.79 Å². The number of carbonyl (C=O) groups excluding carboxylic acids is 2. The minimum Gasteiger partial charge on any atom is -0.453 e. The summed E-state index contributed by atoms with van der Waals surface area (Å²) in [5.41, 5.74) is 2.89. The van der Waals surface area contributed by atoms with Gasteiger partial charge >= 0.3 is 6.09 Å². The van der Waals surface area contributed by atoms with Crippen LogP contribution in [0.3, 0.4) is 0 Å². The Balaban J connectivity index is 2.11. The van der Waals surface area contributed by atoms with Gasteiger partial charge < -0.3 is 10.1 Å². The third kappa shape index (κ3) is 2.92. The van der Waals surface area contributed by atoms with Crippen molar-refractivity contribution in [1.82, 2.24) is 4.90 Å². The first-order valence-corrected chi connectivity index (χ1v) is 6.75. The van der Waals surface area contributed by atoms with Crippen LogP contribution in [-0.2, 0) is 9.53 Å². The Labute approximate surface area is 118 Å². The van der Waals surface area contributed by atoms with Gasteiger partial charge in [-0.1, -0.05) is 12.1 Å². The molecule has 2 rings (SSSR count). The van der Waals surface area contributed by atoms with Crippen LogP contribution in [0.5, 0.6) is 0 Å². The van der Waals surface area contributed by atoms with Gasteiger partial charge in [0, 0.05) is 12.2 Å². The maximum absolute atomic E-state index is 12.3. The second-order valence-electron chi connectivity index (χ2n) is 5.13. The van der Waals surface area contributed by atoms with E-state index in [1.807, 2.05) is 32.0 Å². The van der Waals surface area contributed by atoms with Gasteiger partial charge in [0.25, 0.3) is 0 Å². The van der Waals surface area contributed by atoms with E-state index in [0.29, 0.717) is 13.0 Å². The minimum absolute atomic E-state index is 0.151. The summed E-state index contributed by atoms with van der Waals surface area (Å²) in [5, 5.41) is 2.91. The fourth-order valence-electron chi connectivity index (χ4n) is 2.46. The molecule has 1 fully saturated rings. The van der Waals surface area contributed by atoms with Gasteiger partial charge in [0.15, 0.2) is 0 Å². The first-order valence-electron chi connectivity index (χ1n) is 6.75. The molecule has 5 heteroatoms. The van der Waals surface area contributed by atoms with E-state index in [9.17, 15) is 9.59 Å². The highest BCUT2D eigenvalue weighted by Gasteiger charge is 2.34. The molecule has 108 valence electrons. The third-order valence-corrected chi connectivity index (χ3v) is 3.62. The van der Waals surface area contributed by atoms with Crippen molar-refractivity contribution in [1.29, 1.82) is 0 Å². The van der Waals surface area contributed by atoms with Gasteiger partial charge in [0.2, 0.25) is 5.91 Å². The summed E-state index contributed by atoms with van der Waals surface area (Å²) in [6.45, 7) is 4.49. The number of aryl methyl sites for hydroxylation is 2. The number of rotatable bonds is 2. The number of methoxy groups -OCH3 is 1. The Morgan fingerprint density at radius 1 is 1.35 bits per heavy atom. The molecular formula is C15H20N2O3. The average molecular weight is 276 g/mol. The highest BCUT2D eigenvalue weighted by Crippen LogP contribution is 2.22. The normalized spacial score (nSPS) is 17.9. The molecule has 1 unspecified atom stereocenters. The molecule has 1 aliphatic heterocycles. The number of hydrogen-bond acceptors (Lipinski definition) is 3. The van der Waals surface area contributed by atoms with Gasteiger partial charge in [-0.05, 0) is 43.9 Å². The molecule has 20 heavy (non-hydrogen) atoms. The molecule has 0 radical (unpaired) electrons. The first-order chi connectivity index (χ1) is 9.52. The van der Waals surface area contributed by atoms with Crippen molar-refractivity contribution in [2.45, 2.75) is 32.7 Å². The molecular weight excluding hydrogens is 256 g/mol.